The maximum atomic E-state index is 12.1. The number of carbonyl (C=O) groups is 3. The maximum Gasteiger partial charge on any atom is 0.336 e. The summed E-state index contributed by atoms with van der Waals surface area (Å²) in [7, 11) is 0. The van der Waals surface area contributed by atoms with Gasteiger partial charge in [0.1, 0.15) is 17.9 Å². The first-order valence-corrected chi connectivity index (χ1v) is 16.3. The van der Waals surface area contributed by atoms with Crippen molar-refractivity contribution >= 4 is 56.5 Å². The first-order valence-electron chi connectivity index (χ1n) is 14.4. The van der Waals surface area contributed by atoms with Crippen molar-refractivity contribution in [2.24, 2.45) is 0 Å². The summed E-state index contributed by atoms with van der Waals surface area (Å²) in [6.45, 7) is 3.26. The number of amides is 4. The van der Waals surface area contributed by atoms with Gasteiger partial charge in [0.25, 0.3) is 0 Å². The van der Waals surface area contributed by atoms with Crippen molar-refractivity contribution in [2.75, 3.05) is 25.4 Å². The highest BCUT2D eigenvalue weighted by atomic mass is 79.9. The van der Waals surface area contributed by atoms with Gasteiger partial charge in [-0.1, -0.05) is 19.8 Å². The number of rotatable bonds is 16. The number of hydrogen-bond donors (Lipinski definition) is 4. The number of carbonyl (C=O) groups excluding carboxylic acids is 3. The van der Waals surface area contributed by atoms with Crippen LogP contribution in [0.1, 0.15) is 63.9 Å². The lowest BCUT2D eigenvalue weighted by Crippen LogP contribution is -2.36. The van der Waals surface area contributed by atoms with Gasteiger partial charge >= 0.3 is 11.7 Å². The summed E-state index contributed by atoms with van der Waals surface area (Å²) in [6, 6.07) is 5.48. The number of aryl methyl sites for hydroxylation is 1. The predicted molar refractivity (Wildman–Crippen MR) is 164 cm³/mol. The van der Waals surface area contributed by atoms with Crippen LogP contribution in [0.3, 0.4) is 0 Å². The van der Waals surface area contributed by atoms with Crippen molar-refractivity contribution in [3.8, 4) is 5.75 Å². The van der Waals surface area contributed by atoms with E-state index in [1.165, 1.54) is 6.07 Å². The van der Waals surface area contributed by atoms with E-state index in [0.29, 0.717) is 42.5 Å². The minimum atomic E-state index is -0.388. The highest BCUT2D eigenvalue weighted by Crippen LogP contribution is 2.33. The molecule has 4 amide bonds. The third kappa shape index (κ3) is 9.13. The number of nitrogens with one attached hydrogen (secondary N) is 4. The van der Waals surface area contributed by atoms with E-state index < -0.39 is 0 Å². The van der Waals surface area contributed by atoms with E-state index >= 15 is 0 Å². The van der Waals surface area contributed by atoms with Gasteiger partial charge < -0.3 is 30.4 Å². The van der Waals surface area contributed by atoms with Crippen LogP contribution in [0.5, 0.6) is 5.75 Å². The Labute approximate surface area is 252 Å². The molecule has 0 radical (unpaired) electrons. The highest BCUT2D eigenvalue weighted by molar-refractivity contribution is 9.10. The lowest BCUT2D eigenvalue weighted by Gasteiger charge is -2.16. The Bertz CT molecular complexity index is 1290. The average Bonchev–Trinajstić information content (AvgIpc) is 3.50. The van der Waals surface area contributed by atoms with Crippen LogP contribution in [0.2, 0.25) is 0 Å². The van der Waals surface area contributed by atoms with E-state index in [1.54, 1.807) is 6.07 Å². The summed E-state index contributed by atoms with van der Waals surface area (Å²) in [4.78, 5) is 47.5. The second-order valence-corrected chi connectivity index (χ2v) is 12.6. The van der Waals surface area contributed by atoms with Crippen LogP contribution >= 0.6 is 27.7 Å². The zero-order chi connectivity index (χ0) is 29.2. The van der Waals surface area contributed by atoms with E-state index in [0.717, 1.165) is 66.1 Å². The van der Waals surface area contributed by atoms with E-state index in [4.69, 9.17) is 9.15 Å². The molecule has 224 valence electrons. The number of fused-ring (bicyclic) bond motifs is 2. The molecule has 4 N–H and O–H groups in total. The summed E-state index contributed by atoms with van der Waals surface area (Å²) >= 11 is 5.41. The first-order chi connectivity index (χ1) is 19.8. The number of halogens is 1. The van der Waals surface area contributed by atoms with Crippen LogP contribution in [0.4, 0.5) is 4.79 Å². The molecular formula is C29H39BrN4O6S. The Morgan fingerprint density at radius 1 is 1.02 bits per heavy atom. The normalized spacial score (nSPS) is 19.5. The van der Waals surface area contributed by atoms with Crippen LogP contribution in [0.15, 0.2) is 31.9 Å². The van der Waals surface area contributed by atoms with Gasteiger partial charge in [0.2, 0.25) is 11.8 Å². The Morgan fingerprint density at radius 2 is 1.78 bits per heavy atom. The number of hydrogen-bond acceptors (Lipinski definition) is 7. The highest BCUT2D eigenvalue weighted by Gasteiger charge is 2.42. The molecule has 0 bridgehead atoms. The monoisotopic (exact) mass is 650 g/mol. The van der Waals surface area contributed by atoms with Crippen LogP contribution in [-0.4, -0.2) is 60.6 Å². The number of unbranched alkanes of at least 4 members (excludes halogenated alkanes) is 3. The van der Waals surface area contributed by atoms with Crippen molar-refractivity contribution in [1.29, 1.82) is 0 Å². The summed E-state index contributed by atoms with van der Waals surface area (Å²) < 4.78 is 11.9. The molecule has 3 atom stereocenters. The smallest absolute Gasteiger partial charge is 0.336 e. The molecule has 4 rings (SSSR count). The molecule has 10 nitrogen and oxygen atoms in total. The number of thioether (sulfide) groups is 1. The average molecular weight is 652 g/mol. The van der Waals surface area contributed by atoms with Gasteiger partial charge in [-0.15, -0.1) is 0 Å². The Hall–Kier alpha value is -2.73. The summed E-state index contributed by atoms with van der Waals surface area (Å²) in [6.07, 6.45) is 6.95. The molecule has 2 aromatic rings. The third-order valence-corrected chi connectivity index (χ3v) is 9.56. The van der Waals surface area contributed by atoms with Gasteiger partial charge in [-0.3, -0.25) is 9.59 Å². The predicted octanol–water partition coefficient (Wildman–Crippen LogP) is 4.02. The number of ether oxygens (including phenoxy) is 1. The quantitative estimate of drug-likeness (QED) is 0.122. The fourth-order valence-corrected chi connectivity index (χ4v) is 7.25. The zero-order valence-electron chi connectivity index (χ0n) is 23.4. The lowest BCUT2D eigenvalue weighted by atomic mass is 10.0. The van der Waals surface area contributed by atoms with Crippen molar-refractivity contribution in [3.63, 3.8) is 0 Å². The minimum Gasteiger partial charge on any atom is -0.490 e. The van der Waals surface area contributed by atoms with E-state index in [-0.39, 0.29) is 42.2 Å². The molecular weight excluding hydrogens is 612 g/mol. The van der Waals surface area contributed by atoms with Gasteiger partial charge in [-0.2, -0.15) is 11.8 Å². The largest absolute Gasteiger partial charge is 0.490 e. The fourth-order valence-electron chi connectivity index (χ4n) is 5.25. The van der Waals surface area contributed by atoms with Crippen molar-refractivity contribution < 1.29 is 23.5 Å². The topological polar surface area (TPSA) is 139 Å². The number of benzene rings is 1. The molecule has 1 aromatic heterocycles. The van der Waals surface area contributed by atoms with Gasteiger partial charge in [0, 0.05) is 47.9 Å². The molecule has 0 saturated carbocycles. The van der Waals surface area contributed by atoms with Gasteiger partial charge in [-0.05, 0) is 59.7 Å². The van der Waals surface area contributed by atoms with Crippen LogP contribution in [-0.2, 0) is 16.0 Å². The molecule has 1 aromatic carbocycles. The van der Waals surface area contributed by atoms with Crippen LogP contribution in [0, 0.1) is 0 Å². The van der Waals surface area contributed by atoms with Crippen molar-refractivity contribution in [2.45, 2.75) is 82.0 Å². The van der Waals surface area contributed by atoms with Gasteiger partial charge in [-0.25, -0.2) is 9.59 Å². The van der Waals surface area contributed by atoms with Gasteiger partial charge in [0.05, 0.1) is 23.1 Å². The minimum absolute atomic E-state index is 0.0338. The second-order valence-electron chi connectivity index (χ2n) is 10.4. The molecule has 12 heteroatoms. The molecule has 2 saturated heterocycles. The summed E-state index contributed by atoms with van der Waals surface area (Å²) in [5.41, 5.74) is 1.00. The molecule has 3 unspecified atom stereocenters. The van der Waals surface area contributed by atoms with Crippen LogP contribution < -0.4 is 31.6 Å². The third-order valence-electron chi connectivity index (χ3n) is 7.43. The molecule has 2 aliphatic heterocycles. The fraction of sp³-hybridized carbons (Fsp3) is 0.586. The molecule has 0 spiro atoms. The van der Waals surface area contributed by atoms with E-state index in [9.17, 15) is 19.2 Å². The Kier molecular flexibility index (Phi) is 11.8. The summed E-state index contributed by atoms with van der Waals surface area (Å²) in [5.74, 6) is 1.54. The van der Waals surface area contributed by atoms with Gasteiger partial charge in [0.15, 0.2) is 0 Å². The molecule has 3 heterocycles. The lowest BCUT2D eigenvalue weighted by molar-refractivity contribution is -0.122. The van der Waals surface area contributed by atoms with Crippen molar-refractivity contribution in [3.05, 3.63) is 38.7 Å². The summed E-state index contributed by atoms with van der Waals surface area (Å²) in [5, 5.41) is 13.1. The second kappa shape index (κ2) is 15.5. The maximum absolute atomic E-state index is 12.1. The molecule has 2 aliphatic rings. The van der Waals surface area contributed by atoms with Crippen LogP contribution in [0.25, 0.3) is 11.0 Å². The SMILES string of the molecule is CCc1cc(=O)oc2cc(OCCNC(=O)CCCCCNC(=O)CCCCC3SCC4NC(=O)NC43)c(Br)cc12. The molecule has 2 fully saturated rings. The van der Waals surface area contributed by atoms with Crippen molar-refractivity contribution in [1.82, 2.24) is 21.3 Å². The Morgan fingerprint density at radius 3 is 2.56 bits per heavy atom. The number of urea groups is 1. The van der Waals surface area contributed by atoms with E-state index in [1.807, 2.05) is 24.8 Å². The Balaban J connectivity index is 1.000. The standard InChI is InChI=1S/C29H39BrN4O6S/c1-2-18-14-27(37)40-22-16-23(20(30)15-19(18)22)39-13-12-32-26(36)9-4-3-7-11-31-25(35)10-6-5-8-24-28-21(17-41-24)33-29(38)34-28/h14-16,21,24,28H,2-13,17H2,1H3,(H,31,35)(H,32,36)(H2,33,34,38). The van der Waals surface area contributed by atoms with E-state index in [2.05, 4.69) is 37.2 Å². The first kappa shape index (κ1) is 31.2. The molecule has 41 heavy (non-hydrogen) atoms. The zero-order valence-corrected chi connectivity index (χ0v) is 25.8. The molecule has 0 aliphatic carbocycles.